The number of alkyl halides is 16. The molecule has 20 heteroatoms. The molecule has 0 saturated heterocycles. The summed E-state index contributed by atoms with van der Waals surface area (Å²) in [6, 6.07) is 0. The fourth-order valence-corrected chi connectivity index (χ4v) is 2.36. The number of hydrogen-bond donors (Lipinski definition) is 2. The van der Waals surface area contributed by atoms with Crippen LogP contribution in [0.4, 0.5) is 70.2 Å². The number of thiol groups is 1. The van der Waals surface area contributed by atoms with Crippen LogP contribution in [0.5, 0.6) is 0 Å². The van der Waals surface area contributed by atoms with E-state index in [0.717, 1.165) is 0 Å². The molecule has 0 aromatic carbocycles. The SMILES string of the molecule is CCNC(F)([SH](=O)=O)C(F)(F)C(F)(F)C(F)(F)C(F)(F)C(F)(F)C(F)(F)C(F)(F)F. The summed E-state index contributed by atoms with van der Waals surface area (Å²) in [4.78, 5) is 0. The van der Waals surface area contributed by atoms with Gasteiger partial charge in [-0.3, -0.25) is 5.32 Å². The molecule has 30 heavy (non-hydrogen) atoms. The minimum Gasteiger partial charge on any atom is -0.267 e. The van der Waals surface area contributed by atoms with Crippen LogP contribution in [-0.4, -0.2) is 61.8 Å². The van der Waals surface area contributed by atoms with Gasteiger partial charge in [0, 0.05) is 0 Å². The monoisotopic (exact) mass is 509 g/mol. The Hall–Kier alpha value is -1.21. The first kappa shape index (κ1) is 28.8. The van der Waals surface area contributed by atoms with Gasteiger partial charge >= 0.3 is 46.8 Å². The highest BCUT2D eigenvalue weighted by atomic mass is 32.2. The second-order valence-electron chi connectivity index (χ2n) is 5.35. The molecule has 0 saturated carbocycles. The van der Waals surface area contributed by atoms with Crippen molar-refractivity contribution < 1.29 is 78.7 Å². The van der Waals surface area contributed by atoms with Gasteiger partial charge in [0.1, 0.15) is 0 Å². The van der Waals surface area contributed by atoms with Crippen molar-refractivity contribution in [2.75, 3.05) is 6.54 Å². The molecular formula is C10H7F16NO2S. The number of halogens is 16. The Morgan fingerprint density at radius 3 is 1.03 bits per heavy atom. The molecule has 0 aliphatic carbocycles. The number of hydrogen-bond acceptors (Lipinski definition) is 3. The highest BCUT2D eigenvalue weighted by Crippen LogP contribution is 2.63. The predicted molar refractivity (Wildman–Crippen MR) is 63.6 cm³/mol. The minimum absolute atomic E-state index is 0.335. The third-order valence-corrected chi connectivity index (χ3v) is 4.35. The van der Waals surface area contributed by atoms with Crippen molar-refractivity contribution in [2.24, 2.45) is 0 Å². The molecule has 1 atom stereocenters. The molecule has 1 unspecified atom stereocenters. The van der Waals surface area contributed by atoms with E-state index >= 15 is 0 Å². The summed E-state index contributed by atoms with van der Waals surface area (Å²) in [5, 5.41) is -5.72. The van der Waals surface area contributed by atoms with Crippen LogP contribution in [0, 0.1) is 0 Å². The van der Waals surface area contributed by atoms with Crippen molar-refractivity contribution in [1.82, 2.24) is 5.32 Å². The predicted octanol–water partition coefficient (Wildman–Crippen LogP) is 4.20. The molecule has 0 radical (unpaired) electrons. The molecule has 3 nitrogen and oxygen atoms in total. The van der Waals surface area contributed by atoms with Gasteiger partial charge in [-0.05, 0) is 6.54 Å². The first-order valence-corrected chi connectivity index (χ1v) is 7.85. The van der Waals surface area contributed by atoms with Crippen LogP contribution in [0.15, 0.2) is 0 Å². The van der Waals surface area contributed by atoms with Gasteiger partial charge in [0.2, 0.25) is 0 Å². The summed E-state index contributed by atoms with van der Waals surface area (Å²) in [5.74, 6) is -49.8. The summed E-state index contributed by atoms with van der Waals surface area (Å²) in [6.45, 7) is -0.943. The summed E-state index contributed by atoms with van der Waals surface area (Å²) in [5.41, 5.74) is 0. The van der Waals surface area contributed by atoms with E-state index in [0.29, 0.717) is 12.2 Å². The van der Waals surface area contributed by atoms with Gasteiger partial charge in [-0.2, -0.15) is 65.9 Å². The first-order valence-electron chi connectivity index (χ1n) is 6.67. The van der Waals surface area contributed by atoms with Crippen molar-refractivity contribution in [3.8, 4) is 0 Å². The van der Waals surface area contributed by atoms with E-state index < -0.39 is 64.1 Å². The highest BCUT2D eigenvalue weighted by molar-refractivity contribution is 7.73. The van der Waals surface area contributed by atoms with E-state index in [-0.39, 0.29) is 0 Å². The Kier molecular flexibility index (Phi) is 7.14. The second-order valence-corrected chi connectivity index (χ2v) is 6.48. The fraction of sp³-hybridized carbons (Fsp3) is 1.00. The molecule has 0 aliphatic heterocycles. The Labute approximate surface area is 156 Å². The summed E-state index contributed by atoms with van der Waals surface area (Å²) in [7, 11) is -5.66. The Morgan fingerprint density at radius 2 is 0.800 bits per heavy atom. The zero-order valence-corrected chi connectivity index (χ0v) is 14.4. The van der Waals surface area contributed by atoms with Gasteiger partial charge in [0.05, 0.1) is 0 Å². The Bertz CT molecular complexity index is 705. The zero-order valence-electron chi connectivity index (χ0n) is 13.5. The van der Waals surface area contributed by atoms with Crippen molar-refractivity contribution in [1.29, 1.82) is 0 Å². The van der Waals surface area contributed by atoms with E-state index in [1.807, 2.05) is 0 Å². The minimum atomic E-state index is -8.63. The van der Waals surface area contributed by atoms with E-state index in [1.165, 1.54) is 0 Å². The molecule has 0 rings (SSSR count). The summed E-state index contributed by atoms with van der Waals surface area (Å²) < 4.78 is 229. The molecular weight excluding hydrogens is 502 g/mol. The van der Waals surface area contributed by atoms with E-state index in [9.17, 15) is 78.7 Å². The average Bonchev–Trinajstić information content (AvgIpc) is 2.52. The summed E-state index contributed by atoms with van der Waals surface area (Å²) in [6.07, 6.45) is -7.78. The van der Waals surface area contributed by atoms with Crippen LogP contribution in [0.1, 0.15) is 6.92 Å². The van der Waals surface area contributed by atoms with Gasteiger partial charge in [-0.15, -0.1) is 0 Å². The van der Waals surface area contributed by atoms with Gasteiger partial charge in [-0.1, -0.05) is 6.92 Å². The molecule has 0 amide bonds. The molecule has 0 bridgehead atoms. The van der Waals surface area contributed by atoms with Crippen LogP contribution in [0.25, 0.3) is 0 Å². The maximum atomic E-state index is 13.8. The molecule has 0 aliphatic rings. The fourth-order valence-electron chi connectivity index (χ4n) is 1.70. The van der Waals surface area contributed by atoms with Gasteiger partial charge < -0.3 is 0 Å². The lowest BCUT2D eigenvalue weighted by atomic mass is 9.90. The van der Waals surface area contributed by atoms with Crippen molar-refractivity contribution in [3.63, 3.8) is 0 Å². The van der Waals surface area contributed by atoms with Crippen LogP contribution in [0.2, 0.25) is 0 Å². The second kappa shape index (κ2) is 7.44. The lowest BCUT2D eigenvalue weighted by Crippen LogP contribution is -2.76. The van der Waals surface area contributed by atoms with Gasteiger partial charge in [-0.25, -0.2) is 12.8 Å². The van der Waals surface area contributed by atoms with Crippen LogP contribution >= 0.6 is 0 Å². The third kappa shape index (κ3) is 3.46. The lowest BCUT2D eigenvalue weighted by molar-refractivity contribution is -0.456. The molecule has 0 spiro atoms. The van der Waals surface area contributed by atoms with E-state index in [4.69, 9.17) is 0 Å². The molecule has 1 N–H and O–H groups in total. The smallest absolute Gasteiger partial charge is 0.267 e. The van der Waals surface area contributed by atoms with E-state index in [2.05, 4.69) is 0 Å². The topological polar surface area (TPSA) is 46.2 Å². The van der Waals surface area contributed by atoms with Crippen molar-refractivity contribution in [3.05, 3.63) is 0 Å². The quantitative estimate of drug-likeness (QED) is 0.279. The van der Waals surface area contributed by atoms with Crippen molar-refractivity contribution in [2.45, 2.75) is 53.8 Å². The standard InChI is InChI=1S/C10H7F16NO2S/c1-2-27-10(26,30(28)29)8(21,22)6(17,18)4(13,14)3(11,12)5(15,16)7(19,20)9(23,24)25/h27,30H,2H2,1H3. The maximum Gasteiger partial charge on any atom is 0.460 e. The molecule has 182 valence electrons. The molecule has 0 heterocycles. The van der Waals surface area contributed by atoms with Crippen molar-refractivity contribution >= 4 is 10.7 Å². The lowest BCUT2D eigenvalue weighted by Gasteiger charge is -2.43. The summed E-state index contributed by atoms with van der Waals surface area (Å²) >= 11 is 0. The van der Waals surface area contributed by atoms with Crippen LogP contribution in [0.3, 0.4) is 0 Å². The molecule has 0 fully saturated rings. The maximum absolute atomic E-state index is 13.8. The number of nitrogens with one attached hydrogen (secondary N) is 1. The normalized spacial score (nSPS) is 17.9. The Morgan fingerprint density at radius 1 is 0.533 bits per heavy atom. The van der Waals surface area contributed by atoms with E-state index in [1.54, 1.807) is 0 Å². The van der Waals surface area contributed by atoms with Crippen LogP contribution in [-0.2, 0) is 10.7 Å². The first-order chi connectivity index (χ1) is 12.8. The number of rotatable bonds is 9. The van der Waals surface area contributed by atoms with Gasteiger partial charge in [0.25, 0.3) is 0 Å². The van der Waals surface area contributed by atoms with Crippen LogP contribution < -0.4 is 5.32 Å². The highest BCUT2D eigenvalue weighted by Gasteiger charge is 2.95. The Balaban J connectivity index is 6.91. The molecule has 0 aromatic heterocycles. The molecule has 0 aromatic rings. The average molecular weight is 509 g/mol. The largest absolute Gasteiger partial charge is 0.460 e. The zero-order chi connectivity index (χ0) is 25.0. The third-order valence-electron chi connectivity index (χ3n) is 3.41. The van der Waals surface area contributed by atoms with Gasteiger partial charge in [0.15, 0.2) is 10.7 Å².